The van der Waals surface area contributed by atoms with Gasteiger partial charge in [0.1, 0.15) is 5.69 Å². The van der Waals surface area contributed by atoms with Crippen LogP contribution < -0.4 is 11.1 Å². The van der Waals surface area contributed by atoms with Crippen LogP contribution in [0.4, 0.5) is 5.13 Å². The summed E-state index contributed by atoms with van der Waals surface area (Å²) in [5.74, 6) is -0.263. The van der Waals surface area contributed by atoms with E-state index in [1.807, 2.05) is 39.0 Å². The van der Waals surface area contributed by atoms with Crippen molar-refractivity contribution in [2.75, 3.05) is 5.32 Å². The van der Waals surface area contributed by atoms with Crippen LogP contribution in [0.15, 0.2) is 24.4 Å². The summed E-state index contributed by atoms with van der Waals surface area (Å²) in [4.78, 5) is 16.2. The molecule has 2 aromatic rings. The first-order chi connectivity index (χ1) is 9.38. The Kier molecular flexibility index (Phi) is 7.89. The zero-order valence-electron chi connectivity index (χ0n) is 12.4. The van der Waals surface area contributed by atoms with Crippen LogP contribution in [0.5, 0.6) is 0 Å². The van der Waals surface area contributed by atoms with Gasteiger partial charge in [-0.3, -0.25) is 15.1 Å². The highest BCUT2D eigenvalue weighted by Gasteiger charge is 2.28. The van der Waals surface area contributed by atoms with E-state index in [1.165, 1.54) is 11.3 Å². The molecule has 1 atom stereocenters. The van der Waals surface area contributed by atoms with Gasteiger partial charge in [-0.25, -0.2) is 0 Å². The van der Waals surface area contributed by atoms with Gasteiger partial charge in [0.25, 0.3) is 0 Å². The minimum absolute atomic E-state index is 0. The molecule has 0 aliphatic rings. The van der Waals surface area contributed by atoms with E-state index in [1.54, 1.807) is 6.20 Å². The standard InChI is InChI=1S/C13H17N5OS.2ClH/c1-13(2,3)9(14)10(19)16-12-18-17-11(20-12)8-6-4-5-7-15-8;;/h4-7,9H,14H2,1-3H3,(H,16,18,19);2*1H/t9-;;/m1../s1. The monoisotopic (exact) mass is 363 g/mol. The lowest BCUT2D eigenvalue weighted by Crippen LogP contribution is -2.45. The van der Waals surface area contributed by atoms with E-state index in [2.05, 4.69) is 20.5 Å². The third-order valence-electron chi connectivity index (χ3n) is 2.75. The Balaban J connectivity index is 0.00000220. The SMILES string of the molecule is CC(C)(C)[C@H](N)C(=O)Nc1nnc(-c2ccccn2)s1.Cl.Cl. The van der Waals surface area contributed by atoms with E-state index in [9.17, 15) is 4.79 Å². The lowest BCUT2D eigenvalue weighted by molar-refractivity contribution is -0.119. The van der Waals surface area contributed by atoms with E-state index in [0.29, 0.717) is 10.1 Å². The number of nitrogens with two attached hydrogens (primary N) is 1. The average Bonchev–Trinajstić information content (AvgIpc) is 2.86. The van der Waals surface area contributed by atoms with Crippen LogP contribution in [0.1, 0.15) is 20.8 Å². The van der Waals surface area contributed by atoms with Crippen LogP contribution in [0.25, 0.3) is 10.7 Å². The van der Waals surface area contributed by atoms with E-state index >= 15 is 0 Å². The molecular weight excluding hydrogens is 345 g/mol. The van der Waals surface area contributed by atoms with Crippen LogP contribution in [0, 0.1) is 5.41 Å². The van der Waals surface area contributed by atoms with Gasteiger partial charge < -0.3 is 5.73 Å². The first-order valence-corrected chi connectivity index (χ1v) is 7.01. The molecule has 2 rings (SSSR count). The molecule has 0 spiro atoms. The first-order valence-electron chi connectivity index (χ1n) is 6.19. The van der Waals surface area contributed by atoms with E-state index in [-0.39, 0.29) is 36.1 Å². The Morgan fingerprint density at radius 1 is 1.27 bits per heavy atom. The third kappa shape index (κ3) is 5.17. The number of carbonyl (C=O) groups excluding carboxylic acids is 1. The van der Waals surface area contributed by atoms with Gasteiger partial charge in [-0.15, -0.1) is 35.0 Å². The highest BCUT2D eigenvalue weighted by molar-refractivity contribution is 7.18. The number of rotatable bonds is 3. The molecule has 1 amide bonds. The van der Waals surface area contributed by atoms with Crippen LogP contribution in [0.3, 0.4) is 0 Å². The second-order valence-corrected chi connectivity index (χ2v) is 6.44. The largest absolute Gasteiger partial charge is 0.319 e. The Bertz CT molecular complexity index is 600. The van der Waals surface area contributed by atoms with Crippen molar-refractivity contribution in [1.82, 2.24) is 15.2 Å². The molecule has 2 heterocycles. The number of halogens is 2. The molecule has 0 bridgehead atoms. The number of hydrogen-bond acceptors (Lipinski definition) is 6. The van der Waals surface area contributed by atoms with Crippen LogP contribution in [-0.2, 0) is 4.79 Å². The highest BCUT2D eigenvalue weighted by Crippen LogP contribution is 2.25. The maximum atomic E-state index is 12.0. The fourth-order valence-corrected chi connectivity index (χ4v) is 2.17. The molecule has 122 valence electrons. The number of aromatic nitrogens is 3. The van der Waals surface area contributed by atoms with Crippen LogP contribution in [0.2, 0.25) is 0 Å². The van der Waals surface area contributed by atoms with Crippen LogP contribution in [-0.4, -0.2) is 27.1 Å². The van der Waals surface area contributed by atoms with Crippen molar-refractivity contribution in [3.05, 3.63) is 24.4 Å². The first kappa shape index (κ1) is 20.7. The van der Waals surface area contributed by atoms with Gasteiger partial charge in [-0.1, -0.05) is 38.2 Å². The minimum atomic E-state index is -0.607. The molecule has 9 heteroatoms. The molecule has 3 N–H and O–H groups in total. The fourth-order valence-electron chi connectivity index (χ4n) is 1.44. The second kappa shape index (κ2) is 8.38. The molecule has 0 aliphatic heterocycles. The molecule has 0 aromatic carbocycles. The summed E-state index contributed by atoms with van der Waals surface area (Å²) in [5, 5.41) is 11.7. The van der Waals surface area contributed by atoms with Gasteiger partial charge in [-0.05, 0) is 17.5 Å². The van der Waals surface area contributed by atoms with Gasteiger partial charge in [0.05, 0.1) is 6.04 Å². The summed E-state index contributed by atoms with van der Waals surface area (Å²) >= 11 is 1.27. The van der Waals surface area contributed by atoms with Gasteiger partial charge >= 0.3 is 0 Å². The second-order valence-electron chi connectivity index (χ2n) is 5.46. The molecule has 0 aliphatic carbocycles. The molecular formula is C13H19Cl2N5OS. The van der Waals surface area contributed by atoms with Crippen molar-refractivity contribution in [1.29, 1.82) is 0 Å². The quantitative estimate of drug-likeness (QED) is 0.873. The topological polar surface area (TPSA) is 93.8 Å². The normalized spacial score (nSPS) is 11.8. The van der Waals surface area contributed by atoms with Gasteiger partial charge in [0.2, 0.25) is 11.0 Å². The van der Waals surface area contributed by atoms with Gasteiger partial charge in [-0.2, -0.15) is 0 Å². The maximum Gasteiger partial charge on any atom is 0.243 e. The smallest absolute Gasteiger partial charge is 0.243 e. The van der Waals surface area contributed by atoms with Crippen LogP contribution >= 0.6 is 36.2 Å². The van der Waals surface area contributed by atoms with Crippen molar-refractivity contribution >= 4 is 47.2 Å². The predicted octanol–water partition coefficient (Wildman–Crippen LogP) is 2.76. The zero-order valence-corrected chi connectivity index (χ0v) is 14.9. The van der Waals surface area contributed by atoms with E-state index in [4.69, 9.17) is 5.73 Å². The number of nitrogens with one attached hydrogen (secondary N) is 1. The fraction of sp³-hybridized carbons (Fsp3) is 0.385. The summed E-state index contributed by atoms with van der Waals surface area (Å²) in [6, 6.07) is 4.93. The minimum Gasteiger partial charge on any atom is -0.319 e. The highest BCUT2D eigenvalue weighted by atomic mass is 35.5. The van der Waals surface area contributed by atoms with Crippen molar-refractivity contribution in [2.45, 2.75) is 26.8 Å². The van der Waals surface area contributed by atoms with Crippen molar-refractivity contribution in [2.24, 2.45) is 11.1 Å². The summed E-state index contributed by atoms with van der Waals surface area (Å²) < 4.78 is 0. The molecule has 2 aromatic heterocycles. The number of nitrogens with zero attached hydrogens (tertiary/aromatic N) is 3. The Labute approximate surface area is 145 Å². The van der Waals surface area contributed by atoms with Crippen molar-refractivity contribution in [3.8, 4) is 10.7 Å². The Hall–Kier alpha value is -1.28. The van der Waals surface area contributed by atoms with E-state index in [0.717, 1.165) is 5.69 Å². The molecule has 0 radical (unpaired) electrons. The number of carbonyl (C=O) groups is 1. The van der Waals surface area contributed by atoms with Gasteiger partial charge in [0.15, 0.2) is 5.01 Å². The predicted molar refractivity (Wildman–Crippen MR) is 93.7 cm³/mol. The number of anilines is 1. The molecule has 22 heavy (non-hydrogen) atoms. The lowest BCUT2D eigenvalue weighted by atomic mass is 9.87. The Morgan fingerprint density at radius 2 is 1.95 bits per heavy atom. The molecule has 0 saturated heterocycles. The lowest BCUT2D eigenvalue weighted by Gasteiger charge is -2.25. The number of pyridine rings is 1. The summed E-state index contributed by atoms with van der Waals surface area (Å²) in [6.45, 7) is 5.74. The molecule has 0 fully saturated rings. The molecule has 0 saturated carbocycles. The number of hydrogen-bond donors (Lipinski definition) is 2. The van der Waals surface area contributed by atoms with E-state index < -0.39 is 6.04 Å². The molecule has 0 unspecified atom stereocenters. The third-order valence-corrected chi connectivity index (χ3v) is 3.62. The Morgan fingerprint density at radius 3 is 2.50 bits per heavy atom. The summed E-state index contributed by atoms with van der Waals surface area (Å²) in [6.07, 6.45) is 1.69. The summed E-state index contributed by atoms with van der Waals surface area (Å²) in [7, 11) is 0. The van der Waals surface area contributed by atoms with Crippen molar-refractivity contribution < 1.29 is 4.79 Å². The molecule has 6 nitrogen and oxygen atoms in total. The van der Waals surface area contributed by atoms with Crippen molar-refractivity contribution in [3.63, 3.8) is 0 Å². The average molecular weight is 364 g/mol. The van der Waals surface area contributed by atoms with Gasteiger partial charge in [0, 0.05) is 6.20 Å². The zero-order chi connectivity index (χ0) is 14.8. The summed E-state index contributed by atoms with van der Waals surface area (Å²) in [5.41, 5.74) is 6.31. The number of amides is 1. The maximum absolute atomic E-state index is 12.0.